The molecule has 1 aliphatic heterocycles. The highest BCUT2D eigenvalue weighted by Gasteiger charge is 2.42. The van der Waals surface area contributed by atoms with Crippen LogP contribution in [0.5, 0.6) is 0 Å². The van der Waals surface area contributed by atoms with Crippen molar-refractivity contribution >= 4 is 39.7 Å². The number of halogens is 2. The molecular formula is C22H29ClFN3O3S. The predicted octanol–water partition coefficient (Wildman–Crippen LogP) is 4.12. The third kappa shape index (κ3) is 4.98. The summed E-state index contributed by atoms with van der Waals surface area (Å²) in [4.78, 5) is 0. The quantitative estimate of drug-likeness (QED) is 0.639. The molecule has 1 aliphatic carbocycles. The van der Waals surface area contributed by atoms with Gasteiger partial charge in [0, 0.05) is 19.1 Å². The Hall–Kier alpha value is -1.87. The highest BCUT2D eigenvalue weighted by Crippen LogP contribution is 2.45. The lowest BCUT2D eigenvalue weighted by molar-refractivity contribution is 0.156. The van der Waals surface area contributed by atoms with Crippen molar-refractivity contribution in [2.75, 3.05) is 21.7 Å². The Morgan fingerprint density at radius 2 is 1.61 bits per heavy atom. The van der Waals surface area contributed by atoms with E-state index >= 15 is 0 Å². The molecule has 2 N–H and O–H groups in total. The van der Waals surface area contributed by atoms with Gasteiger partial charge in [-0.3, -0.25) is 4.31 Å². The number of nitrogens with one attached hydrogen (secondary N) is 1. The van der Waals surface area contributed by atoms with Crippen LogP contribution >= 0.6 is 12.4 Å². The maximum atomic E-state index is 14.4. The van der Waals surface area contributed by atoms with Gasteiger partial charge < -0.3 is 10.4 Å². The van der Waals surface area contributed by atoms with Gasteiger partial charge in [0.2, 0.25) is 0 Å². The van der Waals surface area contributed by atoms with Crippen molar-refractivity contribution in [1.29, 1.82) is 0 Å². The van der Waals surface area contributed by atoms with Crippen LogP contribution in [0.1, 0.15) is 38.5 Å². The molecular weight excluding hydrogens is 441 g/mol. The normalized spacial score (nSPS) is 19.0. The minimum Gasteiger partial charge on any atom is -0.392 e. The Balaban J connectivity index is 0.00000272. The zero-order chi connectivity index (χ0) is 21.1. The van der Waals surface area contributed by atoms with Crippen molar-refractivity contribution in [2.24, 2.45) is 0 Å². The number of aliphatic hydroxyl groups is 1. The Labute approximate surface area is 189 Å². The minimum absolute atomic E-state index is 0. The van der Waals surface area contributed by atoms with Gasteiger partial charge in [0.15, 0.2) is 0 Å². The number of hydrogen-bond acceptors (Lipinski definition) is 4. The highest BCUT2D eigenvalue weighted by atomic mass is 35.5. The summed E-state index contributed by atoms with van der Waals surface area (Å²) in [6.07, 6.45) is 5.57. The van der Waals surface area contributed by atoms with Crippen LogP contribution in [-0.4, -0.2) is 38.8 Å². The van der Waals surface area contributed by atoms with Crippen LogP contribution in [0.15, 0.2) is 48.5 Å². The number of rotatable bonds is 7. The zero-order valence-electron chi connectivity index (χ0n) is 17.3. The topological polar surface area (TPSA) is 72.9 Å². The molecule has 0 spiro atoms. The molecule has 31 heavy (non-hydrogen) atoms. The first-order valence-corrected chi connectivity index (χ1v) is 12.0. The smallest absolute Gasteiger partial charge is 0.331 e. The second-order valence-electron chi connectivity index (χ2n) is 7.97. The van der Waals surface area contributed by atoms with Gasteiger partial charge in [0.05, 0.1) is 23.2 Å². The van der Waals surface area contributed by atoms with Crippen molar-refractivity contribution in [2.45, 2.75) is 50.7 Å². The summed E-state index contributed by atoms with van der Waals surface area (Å²) >= 11 is 0. The number of nitrogens with zero attached hydrogens (tertiary/aromatic N) is 2. The van der Waals surface area contributed by atoms with Crippen LogP contribution in [-0.2, 0) is 10.2 Å². The third-order valence-electron chi connectivity index (χ3n) is 5.86. The fourth-order valence-electron chi connectivity index (χ4n) is 4.28. The number of aliphatic hydroxyl groups excluding tert-OH is 1. The van der Waals surface area contributed by atoms with E-state index < -0.39 is 22.1 Å². The second kappa shape index (κ2) is 10.2. The lowest BCUT2D eigenvalue weighted by Gasteiger charge is -2.25. The average Bonchev–Trinajstić information content (AvgIpc) is 2.97. The molecule has 2 aromatic carbocycles. The fourth-order valence-corrected chi connectivity index (χ4v) is 6.01. The highest BCUT2D eigenvalue weighted by molar-refractivity contribution is 7.95. The summed E-state index contributed by atoms with van der Waals surface area (Å²) in [6.45, 7) is 0.565. The molecule has 1 saturated carbocycles. The number of hydrogen-bond donors (Lipinski definition) is 2. The molecule has 170 valence electrons. The zero-order valence-corrected chi connectivity index (χ0v) is 18.9. The molecule has 0 unspecified atom stereocenters. The standard InChI is InChI=1S/C22H28FN3O3S.ClH/c23-19-10-4-5-11-20(19)26-22-13-7-6-12-21(22)25(30(26,28)29)15-14-18(27)16-24-17-8-2-1-3-9-17;/h4-7,10-13,17-18,24,27H,1-3,8-9,14-16H2;1H/t18-;/m0./s1. The second-order valence-corrected chi connectivity index (χ2v) is 9.67. The maximum Gasteiger partial charge on any atom is 0.331 e. The Bertz CT molecular complexity index is 985. The van der Waals surface area contributed by atoms with E-state index in [0.29, 0.717) is 30.4 Å². The molecule has 0 aromatic heterocycles. The van der Waals surface area contributed by atoms with Gasteiger partial charge >= 0.3 is 10.2 Å². The minimum atomic E-state index is -4.00. The third-order valence-corrected chi connectivity index (χ3v) is 7.65. The van der Waals surface area contributed by atoms with Crippen LogP contribution in [0.4, 0.5) is 21.5 Å². The van der Waals surface area contributed by atoms with Crippen LogP contribution in [0.2, 0.25) is 0 Å². The molecule has 4 rings (SSSR count). The molecule has 2 aromatic rings. The van der Waals surface area contributed by atoms with E-state index in [4.69, 9.17) is 0 Å². The SMILES string of the molecule is Cl.O=S1(=O)N(CC[C@H](O)CNC2CCCCC2)c2ccccc2N1c1ccccc1F. The van der Waals surface area contributed by atoms with Crippen molar-refractivity contribution in [1.82, 2.24) is 5.32 Å². The Kier molecular flexibility index (Phi) is 7.80. The average molecular weight is 470 g/mol. The van der Waals surface area contributed by atoms with E-state index in [1.807, 2.05) is 0 Å². The van der Waals surface area contributed by atoms with Gasteiger partial charge in [0.1, 0.15) is 5.82 Å². The molecule has 2 aliphatic rings. The van der Waals surface area contributed by atoms with Gasteiger partial charge in [-0.15, -0.1) is 12.4 Å². The summed E-state index contributed by atoms with van der Waals surface area (Å²) in [7, 11) is -4.00. The van der Waals surface area contributed by atoms with Gasteiger partial charge in [0.25, 0.3) is 0 Å². The Morgan fingerprint density at radius 1 is 1.00 bits per heavy atom. The van der Waals surface area contributed by atoms with Crippen LogP contribution < -0.4 is 13.9 Å². The summed E-state index contributed by atoms with van der Waals surface area (Å²) in [5.74, 6) is -0.602. The van der Waals surface area contributed by atoms with E-state index in [-0.39, 0.29) is 24.6 Å². The summed E-state index contributed by atoms with van der Waals surface area (Å²) < 4.78 is 43.3. The van der Waals surface area contributed by atoms with E-state index in [2.05, 4.69) is 5.32 Å². The number of anilines is 3. The van der Waals surface area contributed by atoms with E-state index in [1.54, 1.807) is 30.3 Å². The first kappa shape index (κ1) is 23.8. The monoisotopic (exact) mass is 469 g/mol. The first-order valence-electron chi connectivity index (χ1n) is 10.6. The molecule has 1 heterocycles. The van der Waals surface area contributed by atoms with E-state index in [1.165, 1.54) is 41.8 Å². The van der Waals surface area contributed by atoms with Crippen molar-refractivity contribution < 1.29 is 17.9 Å². The van der Waals surface area contributed by atoms with E-state index in [0.717, 1.165) is 17.1 Å². The summed E-state index contributed by atoms with van der Waals surface area (Å²) in [5.41, 5.74) is 0.901. The van der Waals surface area contributed by atoms with Gasteiger partial charge in [-0.2, -0.15) is 8.42 Å². The molecule has 0 saturated heterocycles. The molecule has 0 amide bonds. The molecule has 0 bridgehead atoms. The van der Waals surface area contributed by atoms with E-state index in [9.17, 15) is 17.9 Å². The van der Waals surface area contributed by atoms with Gasteiger partial charge in [-0.1, -0.05) is 43.5 Å². The number of para-hydroxylation sites is 3. The first-order chi connectivity index (χ1) is 14.5. The molecule has 1 fully saturated rings. The molecule has 6 nitrogen and oxygen atoms in total. The largest absolute Gasteiger partial charge is 0.392 e. The fraction of sp³-hybridized carbons (Fsp3) is 0.455. The molecule has 1 atom stereocenters. The van der Waals surface area contributed by atoms with Gasteiger partial charge in [-0.25, -0.2) is 8.70 Å². The number of fused-ring (bicyclic) bond motifs is 1. The van der Waals surface area contributed by atoms with Crippen LogP contribution in [0, 0.1) is 5.82 Å². The van der Waals surface area contributed by atoms with Crippen molar-refractivity contribution in [3.8, 4) is 0 Å². The Morgan fingerprint density at radius 3 is 2.29 bits per heavy atom. The van der Waals surface area contributed by atoms with Crippen LogP contribution in [0.3, 0.4) is 0 Å². The predicted molar refractivity (Wildman–Crippen MR) is 124 cm³/mol. The van der Waals surface area contributed by atoms with Gasteiger partial charge in [-0.05, 0) is 43.5 Å². The van der Waals surface area contributed by atoms with Crippen molar-refractivity contribution in [3.05, 3.63) is 54.3 Å². The molecule has 9 heteroatoms. The van der Waals surface area contributed by atoms with Crippen LogP contribution in [0.25, 0.3) is 0 Å². The maximum absolute atomic E-state index is 14.4. The lowest BCUT2D eigenvalue weighted by Crippen LogP contribution is -2.40. The molecule has 0 radical (unpaired) electrons. The lowest BCUT2D eigenvalue weighted by atomic mass is 9.95. The summed E-state index contributed by atoms with van der Waals surface area (Å²) in [5, 5.41) is 13.8. The number of benzene rings is 2. The van der Waals surface area contributed by atoms with Crippen molar-refractivity contribution in [3.63, 3.8) is 0 Å². The summed E-state index contributed by atoms with van der Waals surface area (Å²) in [6, 6.07) is 13.1.